The first-order valence-electron chi connectivity index (χ1n) is 4.17. The molecule has 82 valence electrons. The van der Waals surface area contributed by atoms with Crippen LogP contribution >= 0.6 is 15.9 Å². The minimum absolute atomic E-state index is 0.0332. The lowest BCUT2D eigenvalue weighted by molar-refractivity contribution is -0.139. The van der Waals surface area contributed by atoms with Crippen LogP contribution in [0.4, 0.5) is 0 Å². The molecule has 0 aromatic carbocycles. The molecule has 0 spiro atoms. The molecule has 1 rings (SSSR count). The van der Waals surface area contributed by atoms with E-state index in [0.29, 0.717) is 12.8 Å². The van der Waals surface area contributed by atoms with Gasteiger partial charge in [-0.25, -0.2) is 13.1 Å². The van der Waals surface area contributed by atoms with Crippen molar-refractivity contribution in [1.82, 2.24) is 4.72 Å². The van der Waals surface area contributed by atoms with Crippen molar-refractivity contribution in [1.29, 1.82) is 0 Å². The van der Waals surface area contributed by atoms with Crippen LogP contribution in [-0.4, -0.2) is 38.1 Å². The van der Waals surface area contributed by atoms with Crippen LogP contribution in [0.25, 0.3) is 0 Å². The summed E-state index contributed by atoms with van der Waals surface area (Å²) in [5.41, 5.74) is 0. The average molecular weight is 286 g/mol. The van der Waals surface area contributed by atoms with Crippen LogP contribution < -0.4 is 4.72 Å². The van der Waals surface area contributed by atoms with Crippen molar-refractivity contribution in [3.8, 4) is 0 Å². The van der Waals surface area contributed by atoms with E-state index in [1.165, 1.54) is 7.11 Å². The van der Waals surface area contributed by atoms with Gasteiger partial charge in [-0.05, 0) is 12.8 Å². The summed E-state index contributed by atoms with van der Waals surface area (Å²) < 4.78 is 29.4. The smallest absolute Gasteiger partial charge is 0.320 e. The third-order valence-corrected chi connectivity index (χ3v) is 4.50. The number of methoxy groups -OCH3 is 1. The third kappa shape index (κ3) is 3.21. The van der Waals surface area contributed by atoms with Crippen molar-refractivity contribution in [3.63, 3.8) is 0 Å². The minimum atomic E-state index is -3.21. The number of nitrogens with one attached hydrogen (secondary N) is 1. The van der Waals surface area contributed by atoms with E-state index >= 15 is 0 Å². The molecule has 0 bridgehead atoms. The highest BCUT2D eigenvalue weighted by Gasteiger charge is 2.36. The van der Waals surface area contributed by atoms with Crippen LogP contribution in [-0.2, 0) is 19.6 Å². The zero-order valence-corrected chi connectivity index (χ0v) is 10.1. The largest absolute Gasteiger partial charge is 0.468 e. The number of halogens is 1. The van der Waals surface area contributed by atoms with Crippen LogP contribution in [0.15, 0.2) is 0 Å². The maximum Gasteiger partial charge on any atom is 0.320 e. The first-order chi connectivity index (χ1) is 6.47. The summed E-state index contributed by atoms with van der Waals surface area (Å²) in [5, 5.41) is -0.264. The molecule has 1 aliphatic carbocycles. The van der Waals surface area contributed by atoms with Gasteiger partial charge in [0.1, 0.15) is 4.83 Å². The second kappa shape index (κ2) is 4.59. The predicted molar refractivity (Wildman–Crippen MR) is 54.7 cm³/mol. The molecule has 1 aliphatic rings. The highest BCUT2D eigenvalue weighted by molar-refractivity contribution is 9.10. The molecule has 0 aliphatic heterocycles. The summed E-state index contributed by atoms with van der Waals surface area (Å²) >= 11 is 3.02. The minimum Gasteiger partial charge on any atom is -0.468 e. The predicted octanol–water partition coefficient (Wildman–Crippen LogP) is 0.00470. The van der Waals surface area contributed by atoms with Crippen molar-refractivity contribution in [2.24, 2.45) is 0 Å². The van der Waals surface area contributed by atoms with E-state index in [9.17, 15) is 13.2 Å². The Kier molecular flexibility index (Phi) is 3.91. The monoisotopic (exact) mass is 285 g/mol. The molecule has 0 aromatic rings. The van der Waals surface area contributed by atoms with Gasteiger partial charge < -0.3 is 4.74 Å². The zero-order valence-electron chi connectivity index (χ0n) is 7.70. The van der Waals surface area contributed by atoms with Crippen LogP contribution in [0.1, 0.15) is 12.8 Å². The normalized spacial score (nSPS) is 19.0. The van der Waals surface area contributed by atoms with Gasteiger partial charge >= 0.3 is 5.97 Å². The van der Waals surface area contributed by atoms with Gasteiger partial charge in [-0.15, -0.1) is 0 Å². The van der Waals surface area contributed by atoms with Gasteiger partial charge in [0.05, 0.1) is 12.4 Å². The Balaban J connectivity index is 2.36. The molecule has 7 heteroatoms. The summed E-state index contributed by atoms with van der Waals surface area (Å²) in [5.74, 6) is -0.483. The zero-order chi connectivity index (χ0) is 10.8. The van der Waals surface area contributed by atoms with Crippen LogP contribution in [0.2, 0.25) is 0 Å². The van der Waals surface area contributed by atoms with Gasteiger partial charge in [0.25, 0.3) is 0 Å². The molecule has 0 saturated heterocycles. The Bertz CT molecular complexity index is 312. The molecule has 5 nitrogen and oxygen atoms in total. The fourth-order valence-corrected chi connectivity index (χ4v) is 2.85. The fourth-order valence-electron chi connectivity index (χ4n) is 0.897. The quantitative estimate of drug-likeness (QED) is 0.570. The number of ether oxygens (including phenoxy) is 1. The van der Waals surface area contributed by atoms with Crippen molar-refractivity contribution >= 4 is 31.9 Å². The van der Waals surface area contributed by atoms with E-state index in [4.69, 9.17) is 0 Å². The lowest BCUT2D eigenvalue weighted by Gasteiger charge is -2.08. The van der Waals surface area contributed by atoms with Gasteiger partial charge in [-0.3, -0.25) is 4.79 Å². The average Bonchev–Trinajstić information content (AvgIpc) is 2.96. The summed E-state index contributed by atoms with van der Waals surface area (Å²) in [4.78, 5) is 10.3. The first-order valence-corrected chi connectivity index (χ1v) is 6.64. The summed E-state index contributed by atoms with van der Waals surface area (Å²) in [6, 6.07) is 0. The van der Waals surface area contributed by atoms with Crippen molar-refractivity contribution in [2.75, 3.05) is 13.7 Å². The Hall–Kier alpha value is -0.140. The summed E-state index contributed by atoms with van der Waals surface area (Å²) in [6.07, 6.45) is 1.42. The number of sulfonamides is 1. The van der Waals surface area contributed by atoms with E-state index in [1.54, 1.807) is 0 Å². The molecule has 0 heterocycles. The maximum atomic E-state index is 11.3. The number of hydrogen-bond acceptors (Lipinski definition) is 4. The van der Waals surface area contributed by atoms with Crippen LogP contribution in [0.3, 0.4) is 0 Å². The van der Waals surface area contributed by atoms with Gasteiger partial charge in [-0.1, -0.05) is 15.9 Å². The number of rotatable bonds is 5. The Morgan fingerprint density at radius 1 is 1.64 bits per heavy atom. The first kappa shape index (κ1) is 11.9. The molecule has 1 atom stereocenters. The van der Waals surface area contributed by atoms with Crippen molar-refractivity contribution < 1.29 is 17.9 Å². The van der Waals surface area contributed by atoms with E-state index < -0.39 is 20.8 Å². The molecule has 0 radical (unpaired) electrons. The number of alkyl halides is 1. The Labute approximate surface area is 91.4 Å². The molecule has 0 aromatic heterocycles. The number of hydrogen-bond donors (Lipinski definition) is 1. The Morgan fingerprint density at radius 3 is 2.64 bits per heavy atom. The molecule has 14 heavy (non-hydrogen) atoms. The summed E-state index contributed by atoms with van der Waals surface area (Å²) in [7, 11) is -1.96. The van der Waals surface area contributed by atoms with E-state index in [1.807, 2.05) is 0 Å². The third-order valence-electron chi connectivity index (χ3n) is 1.88. The molecule has 1 fully saturated rings. The van der Waals surface area contributed by atoms with Crippen LogP contribution in [0, 0.1) is 0 Å². The summed E-state index contributed by atoms with van der Waals surface area (Å²) in [6.45, 7) is 0.0332. The standard InChI is InChI=1S/C7H12BrNO4S/c1-13-7(10)6(8)4-9-14(11,12)5-2-3-5/h5-6,9H,2-4H2,1H3. The maximum absolute atomic E-state index is 11.3. The lowest BCUT2D eigenvalue weighted by Crippen LogP contribution is -2.35. The van der Waals surface area contributed by atoms with Crippen LogP contribution in [0.5, 0.6) is 0 Å². The lowest BCUT2D eigenvalue weighted by atomic mass is 10.4. The highest BCUT2D eigenvalue weighted by atomic mass is 79.9. The van der Waals surface area contributed by atoms with Gasteiger partial charge in [0, 0.05) is 6.54 Å². The van der Waals surface area contributed by atoms with Crippen molar-refractivity contribution in [2.45, 2.75) is 22.9 Å². The molecular weight excluding hydrogens is 274 g/mol. The molecule has 1 N–H and O–H groups in total. The second-order valence-electron chi connectivity index (χ2n) is 3.08. The van der Waals surface area contributed by atoms with Gasteiger partial charge in [-0.2, -0.15) is 0 Å². The molecular formula is C7H12BrNO4S. The van der Waals surface area contributed by atoms with Gasteiger partial charge in [0.15, 0.2) is 0 Å². The molecule has 0 amide bonds. The fraction of sp³-hybridized carbons (Fsp3) is 0.857. The van der Waals surface area contributed by atoms with E-state index in [-0.39, 0.29) is 11.8 Å². The topological polar surface area (TPSA) is 72.5 Å². The SMILES string of the molecule is COC(=O)C(Br)CNS(=O)(=O)C1CC1. The number of carbonyl (C=O) groups is 1. The highest BCUT2D eigenvalue weighted by Crippen LogP contribution is 2.27. The number of esters is 1. The molecule has 1 unspecified atom stereocenters. The Morgan fingerprint density at radius 2 is 2.21 bits per heavy atom. The van der Waals surface area contributed by atoms with Crippen molar-refractivity contribution in [3.05, 3.63) is 0 Å². The second-order valence-corrected chi connectivity index (χ2v) is 6.23. The molecule has 1 saturated carbocycles. The van der Waals surface area contributed by atoms with Gasteiger partial charge in [0.2, 0.25) is 10.0 Å². The van der Waals surface area contributed by atoms with E-state index in [2.05, 4.69) is 25.4 Å². The number of carbonyl (C=O) groups excluding carboxylic acids is 1. The van der Waals surface area contributed by atoms with E-state index in [0.717, 1.165) is 0 Å².